The Bertz CT molecular complexity index is 1120. The number of benzene rings is 1. The summed E-state index contributed by atoms with van der Waals surface area (Å²) >= 11 is 0.941. The van der Waals surface area contributed by atoms with Gasteiger partial charge in [-0.2, -0.15) is 4.37 Å². The SMILES string of the molecule is CCOC(=O)[C@@H]1CCCN(c2ccc(NC(=O)c3snc4c(=O)[nH]cnc34)cc2)C1. The molecule has 0 unspecified atom stereocenters. The molecule has 156 valence electrons. The van der Waals surface area contributed by atoms with Crippen LogP contribution in [0.3, 0.4) is 0 Å². The van der Waals surface area contributed by atoms with Gasteiger partial charge in [-0.25, -0.2) is 4.98 Å². The lowest BCUT2D eigenvalue weighted by molar-refractivity contribution is -0.148. The van der Waals surface area contributed by atoms with Crippen LogP contribution in [-0.4, -0.2) is 45.9 Å². The molecular weight excluding hydrogens is 406 g/mol. The number of amides is 1. The maximum Gasteiger partial charge on any atom is 0.310 e. The highest BCUT2D eigenvalue weighted by Gasteiger charge is 2.27. The molecule has 2 N–H and O–H groups in total. The summed E-state index contributed by atoms with van der Waals surface area (Å²) in [5.41, 5.74) is 1.68. The Morgan fingerprint density at radius 2 is 2.10 bits per heavy atom. The van der Waals surface area contributed by atoms with Crippen molar-refractivity contribution in [2.75, 3.05) is 29.9 Å². The minimum absolute atomic E-state index is 0.117. The lowest BCUT2D eigenvalue weighted by atomic mass is 9.97. The van der Waals surface area contributed by atoms with Gasteiger partial charge >= 0.3 is 5.97 Å². The summed E-state index contributed by atoms with van der Waals surface area (Å²) < 4.78 is 9.18. The molecule has 0 spiro atoms. The lowest BCUT2D eigenvalue weighted by Gasteiger charge is -2.33. The molecule has 4 rings (SSSR count). The second-order valence-electron chi connectivity index (χ2n) is 6.98. The number of aromatic nitrogens is 3. The summed E-state index contributed by atoms with van der Waals surface area (Å²) in [5.74, 6) is -0.627. The Hall–Kier alpha value is -3.27. The number of aromatic amines is 1. The van der Waals surface area contributed by atoms with E-state index in [4.69, 9.17) is 4.74 Å². The molecule has 3 heterocycles. The van der Waals surface area contributed by atoms with E-state index in [9.17, 15) is 14.4 Å². The number of carbonyl (C=O) groups excluding carboxylic acids is 2. The zero-order valence-electron chi connectivity index (χ0n) is 16.4. The van der Waals surface area contributed by atoms with Crippen LogP contribution >= 0.6 is 11.5 Å². The molecule has 2 aromatic heterocycles. The fourth-order valence-corrected chi connectivity index (χ4v) is 4.26. The predicted octanol–water partition coefficient (Wildman–Crippen LogP) is 2.41. The molecule has 1 atom stereocenters. The summed E-state index contributed by atoms with van der Waals surface area (Å²) in [6.45, 7) is 3.70. The summed E-state index contributed by atoms with van der Waals surface area (Å²) in [5, 5.41) is 2.82. The van der Waals surface area contributed by atoms with Gasteiger partial charge < -0.3 is 19.9 Å². The maximum absolute atomic E-state index is 12.6. The second-order valence-corrected chi connectivity index (χ2v) is 7.75. The van der Waals surface area contributed by atoms with Crippen molar-refractivity contribution in [3.8, 4) is 0 Å². The molecule has 3 aromatic rings. The number of nitrogens with zero attached hydrogens (tertiary/aromatic N) is 3. The van der Waals surface area contributed by atoms with Crippen molar-refractivity contribution in [3.63, 3.8) is 0 Å². The van der Waals surface area contributed by atoms with Gasteiger partial charge in [0, 0.05) is 24.5 Å². The molecule has 1 saturated heterocycles. The average Bonchev–Trinajstić information content (AvgIpc) is 3.20. The summed E-state index contributed by atoms with van der Waals surface area (Å²) in [6, 6.07) is 7.45. The van der Waals surface area contributed by atoms with Crippen LogP contribution in [0.2, 0.25) is 0 Å². The molecule has 1 aromatic carbocycles. The fourth-order valence-electron chi connectivity index (χ4n) is 3.53. The first-order valence-corrected chi connectivity index (χ1v) is 10.5. The van der Waals surface area contributed by atoms with Crippen LogP contribution in [0.5, 0.6) is 0 Å². The van der Waals surface area contributed by atoms with Gasteiger partial charge in [-0.15, -0.1) is 0 Å². The lowest BCUT2D eigenvalue weighted by Crippen LogP contribution is -2.39. The largest absolute Gasteiger partial charge is 0.466 e. The fraction of sp³-hybridized carbons (Fsp3) is 0.350. The van der Waals surface area contributed by atoms with E-state index in [1.165, 1.54) is 6.33 Å². The molecule has 0 bridgehead atoms. The van der Waals surface area contributed by atoms with Crippen LogP contribution < -0.4 is 15.8 Å². The summed E-state index contributed by atoms with van der Waals surface area (Å²) in [6.07, 6.45) is 3.02. The van der Waals surface area contributed by atoms with Gasteiger partial charge in [-0.05, 0) is 55.6 Å². The first kappa shape index (κ1) is 20.0. The third kappa shape index (κ3) is 4.04. The monoisotopic (exact) mass is 427 g/mol. The zero-order chi connectivity index (χ0) is 21.1. The van der Waals surface area contributed by atoms with Crippen molar-refractivity contribution < 1.29 is 14.3 Å². The highest BCUT2D eigenvalue weighted by Crippen LogP contribution is 2.26. The Morgan fingerprint density at radius 1 is 1.30 bits per heavy atom. The number of carbonyl (C=O) groups is 2. The number of hydrogen-bond acceptors (Lipinski definition) is 8. The third-order valence-corrected chi connectivity index (χ3v) is 5.85. The van der Waals surface area contributed by atoms with Gasteiger partial charge in [0.2, 0.25) is 0 Å². The number of anilines is 2. The number of esters is 1. The Balaban J connectivity index is 1.44. The van der Waals surface area contributed by atoms with E-state index in [0.29, 0.717) is 18.8 Å². The van der Waals surface area contributed by atoms with Gasteiger partial charge in [-0.1, -0.05) is 0 Å². The Labute approximate surface area is 176 Å². The topological polar surface area (TPSA) is 117 Å². The van der Waals surface area contributed by atoms with E-state index in [1.54, 1.807) is 0 Å². The molecule has 10 heteroatoms. The molecule has 1 aliphatic heterocycles. The molecule has 1 fully saturated rings. The van der Waals surface area contributed by atoms with E-state index < -0.39 is 0 Å². The van der Waals surface area contributed by atoms with Gasteiger partial charge in [-0.3, -0.25) is 14.4 Å². The van der Waals surface area contributed by atoms with Gasteiger partial charge in [0.05, 0.1) is 18.9 Å². The van der Waals surface area contributed by atoms with Crippen molar-refractivity contribution in [2.24, 2.45) is 5.92 Å². The Kier molecular flexibility index (Phi) is 5.75. The smallest absolute Gasteiger partial charge is 0.310 e. The van der Waals surface area contributed by atoms with E-state index >= 15 is 0 Å². The predicted molar refractivity (Wildman–Crippen MR) is 114 cm³/mol. The highest BCUT2D eigenvalue weighted by atomic mass is 32.1. The summed E-state index contributed by atoms with van der Waals surface area (Å²) in [4.78, 5) is 45.4. The quantitative estimate of drug-likeness (QED) is 0.601. The van der Waals surface area contributed by atoms with Crippen LogP contribution in [0.1, 0.15) is 29.4 Å². The van der Waals surface area contributed by atoms with Crippen LogP contribution in [-0.2, 0) is 9.53 Å². The molecule has 0 aliphatic carbocycles. The number of rotatable bonds is 5. The number of hydrogen-bond donors (Lipinski definition) is 2. The van der Waals surface area contributed by atoms with E-state index in [0.717, 1.165) is 36.6 Å². The van der Waals surface area contributed by atoms with Gasteiger partial charge in [0.15, 0.2) is 5.52 Å². The highest BCUT2D eigenvalue weighted by molar-refractivity contribution is 7.09. The average molecular weight is 427 g/mol. The van der Waals surface area contributed by atoms with Crippen molar-refractivity contribution in [1.82, 2.24) is 14.3 Å². The molecule has 0 saturated carbocycles. The molecule has 0 radical (unpaired) electrons. The van der Waals surface area contributed by atoms with E-state index in [-0.39, 0.29) is 39.3 Å². The first-order chi connectivity index (χ1) is 14.6. The number of fused-ring (bicyclic) bond motifs is 1. The number of H-pyrrole nitrogens is 1. The van der Waals surface area contributed by atoms with Crippen LogP contribution in [0.15, 0.2) is 35.4 Å². The number of piperidine rings is 1. The third-order valence-electron chi connectivity index (χ3n) is 5.01. The van der Waals surface area contributed by atoms with Crippen molar-refractivity contribution >= 4 is 45.8 Å². The van der Waals surface area contributed by atoms with Gasteiger partial charge in [0.25, 0.3) is 11.5 Å². The van der Waals surface area contributed by atoms with Crippen molar-refractivity contribution in [3.05, 3.63) is 45.8 Å². The summed E-state index contributed by atoms with van der Waals surface area (Å²) in [7, 11) is 0. The molecule has 9 nitrogen and oxygen atoms in total. The molecule has 1 amide bonds. The Morgan fingerprint density at radius 3 is 2.87 bits per heavy atom. The normalized spacial score (nSPS) is 16.4. The number of nitrogens with one attached hydrogen (secondary N) is 2. The van der Waals surface area contributed by atoms with Crippen LogP contribution in [0.25, 0.3) is 11.0 Å². The van der Waals surface area contributed by atoms with E-state index in [1.807, 2.05) is 31.2 Å². The molecule has 30 heavy (non-hydrogen) atoms. The molecule has 1 aliphatic rings. The standard InChI is InChI=1S/C20H21N5O4S/c1-2-29-20(28)12-4-3-9-25(10-12)14-7-5-13(6-8-14)23-19(27)17-15-16(24-30-17)18(26)22-11-21-15/h5-8,11-12H,2-4,9-10H2,1H3,(H,23,27)(H,21,22,26)/t12-/m1/s1. The van der Waals surface area contributed by atoms with Gasteiger partial charge in [0.1, 0.15) is 10.4 Å². The zero-order valence-corrected chi connectivity index (χ0v) is 17.2. The number of ether oxygens (including phenoxy) is 1. The molecular formula is C20H21N5O4S. The minimum atomic E-state index is -0.373. The minimum Gasteiger partial charge on any atom is -0.466 e. The maximum atomic E-state index is 12.6. The first-order valence-electron chi connectivity index (χ1n) is 9.73. The second kappa shape index (κ2) is 8.62. The van der Waals surface area contributed by atoms with Crippen LogP contribution in [0, 0.1) is 5.92 Å². The van der Waals surface area contributed by atoms with Crippen molar-refractivity contribution in [1.29, 1.82) is 0 Å². The van der Waals surface area contributed by atoms with E-state index in [2.05, 4.69) is 24.6 Å². The van der Waals surface area contributed by atoms with Crippen molar-refractivity contribution in [2.45, 2.75) is 19.8 Å². The van der Waals surface area contributed by atoms with Crippen LogP contribution in [0.4, 0.5) is 11.4 Å².